The van der Waals surface area contributed by atoms with Crippen molar-refractivity contribution in [3.8, 4) is 0 Å². The SMILES string of the molecule is Cc1cc(C)c(NC(=O)CN2CCC(NS(C)(=O)=O)CC2)c(C)c1. The molecule has 1 fully saturated rings. The highest BCUT2D eigenvalue weighted by Gasteiger charge is 2.23. The maximum absolute atomic E-state index is 12.3. The van der Waals surface area contributed by atoms with E-state index >= 15 is 0 Å². The Morgan fingerprint density at radius 1 is 1.17 bits per heavy atom. The molecule has 1 aliphatic heterocycles. The van der Waals surface area contributed by atoms with Crippen LogP contribution in [0.5, 0.6) is 0 Å². The maximum Gasteiger partial charge on any atom is 0.238 e. The fourth-order valence-corrected chi connectivity index (χ4v) is 4.11. The maximum atomic E-state index is 12.3. The quantitative estimate of drug-likeness (QED) is 0.842. The Hall–Kier alpha value is -1.44. The van der Waals surface area contributed by atoms with Gasteiger partial charge in [-0.1, -0.05) is 17.7 Å². The molecule has 1 amide bonds. The van der Waals surface area contributed by atoms with Gasteiger partial charge in [0.2, 0.25) is 15.9 Å². The van der Waals surface area contributed by atoms with Crippen LogP contribution < -0.4 is 10.0 Å². The fraction of sp³-hybridized carbons (Fsp3) is 0.588. The molecule has 1 saturated heterocycles. The predicted octanol–water partition coefficient (Wildman–Crippen LogP) is 1.56. The molecule has 0 saturated carbocycles. The van der Waals surface area contributed by atoms with Crippen molar-refractivity contribution in [1.29, 1.82) is 0 Å². The first-order chi connectivity index (χ1) is 11.1. The summed E-state index contributed by atoms with van der Waals surface area (Å²) in [6.07, 6.45) is 2.63. The summed E-state index contributed by atoms with van der Waals surface area (Å²) in [4.78, 5) is 14.4. The summed E-state index contributed by atoms with van der Waals surface area (Å²) >= 11 is 0. The van der Waals surface area contributed by atoms with Crippen molar-refractivity contribution < 1.29 is 13.2 Å². The summed E-state index contributed by atoms with van der Waals surface area (Å²) in [5.74, 6) is -0.0282. The van der Waals surface area contributed by atoms with Crippen molar-refractivity contribution in [2.45, 2.75) is 39.7 Å². The van der Waals surface area contributed by atoms with Crippen LogP contribution in [0.15, 0.2) is 12.1 Å². The smallest absolute Gasteiger partial charge is 0.238 e. The minimum Gasteiger partial charge on any atom is -0.324 e. The van der Waals surface area contributed by atoms with Gasteiger partial charge in [0, 0.05) is 24.8 Å². The van der Waals surface area contributed by atoms with E-state index in [4.69, 9.17) is 0 Å². The van der Waals surface area contributed by atoms with Crippen molar-refractivity contribution in [2.24, 2.45) is 0 Å². The number of amides is 1. The molecule has 0 aliphatic carbocycles. The highest BCUT2D eigenvalue weighted by Crippen LogP contribution is 2.22. The lowest BCUT2D eigenvalue weighted by Crippen LogP contribution is -2.46. The molecule has 0 unspecified atom stereocenters. The molecular formula is C17H27N3O3S. The van der Waals surface area contributed by atoms with E-state index in [1.165, 1.54) is 11.8 Å². The summed E-state index contributed by atoms with van der Waals surface area (Å²) in [6, 6.07) is 4.09. The summed E-state index contributed by atoms with van der Waals surface area (Å²) in [5.41, 5.74) is 4.21. The van der Waals surface area contributed by atoms with E-state index in [2.05, 4.69) is 27.1 Å². The Balaban J connectivity index is 1.86. The first-order valence-corrected chi connectivity index (χ1v) is 10.1. The Labute approximate surface area is 144 Å². The number of carbonyl (C=O) groups is 1. The molecule has 7 heteroatoms. The van der Waals surface area contributed by atoms with Crippen molar-refractivity contribution in [3.05, 3.63) is 28.8 Å². The van der Waals surface area contributed by atoms with Gasteiger partial charge in [-0.05, 0) is 44.7 Å². The van der Waals surface area contributed by atoms with Gasteiger partial charge in [0.05, 0.1) is 12.8 Å². The average Bonchev–Trinajstić information content (AvgIpc) is 2.43. The molecule has 0 radical (unpaired) electrons. The molecule has 2 rings (SSSR count). The van der Waals surface area contributed by atoms with Gasteiger partial charge < -0.3 is 5.32 Å². The van der Waals surface area contributed by atoms with Gasteiger partial charge in [-0.2, -0.15) is 0 Å². The molecule has 2 N–H and O–H groups in total. The number of piperidine rings is 1. The van der Waals surface area contributed by atoms with Crippen LogP contribution in [0, 0.1) is 20.8 Å². The standard InChI is InChI=1S/C17H27N3O3S/c1-12-9-13(2)17(14(3)10-12)18-16(21)11-20-7-5-15(6-8-20)19-24(4,22)23/h9-10,15,19H,5-8,11H2,1-4H3,(H,18,21). The Kier molecular flexibility index (Phi) is 6.01. The van der Waals surface area contributed by atoms with Crippen LogP contribution in [0.2, 0.25) is 0 Å². The lowest BCUT2D eigenvalue weighted by molar-refractivity contribution is -0.117. The van der Waals surface area contributed by atoms with Gasteiger partial charge in [0.25, 0.3) is 0 Å². The molecule has 1 aromatic rings. The molecule has 1 aliphatic rings. The lowest BCUT2D eigenvalue weighted by Gasteiger charge is -2.31. The van der Waals surface area contributed by atoms with E-state index in [0.717, 1.165) is 29.7 Å². The van der Waals surface area contributed by atoms with Crippen LogP contribution in [-0.2, 0) is 14.8 Å². The highest BCUT2D eigenvalue weighted by atomic mass is 32.2. The minimum absolute atomic E-state index is 0.0269. The third kappa shape index (κ3) is 5.58. The number of hydrogen-bond donors (Lipinski definition) is 2. The molecule has 0 atom stereocenters. The van der Waals surface area contributed by atoms with Crippen molar-refractivity contribution in [3.63, 3.8) is 0 Å². The van der Waals surface area contributed by atoms with Gasteiger partial charge in [0.15, 0.2) is 0 Å². The zero-order valence-electron chi connectivity index (χ0n) is 14.8. The summed E-state index contributed by atoms with van der Waals surface area (Å²) in [5, 5.41) is 3.01. The number of rotatable bonds is 5. The number of carbonyl (C=O) groups excluding carboxylic acids is 1. The van der Waals surface area contributed by atoms with Gasteiger partial charge in [-0.15, -0.1) is 0 Å². The van der Waals surface area contributed by atoms with Crippen LogP contribution >= 0.6 is 0 Å². The van der Waals surface area contributed by atoms with E-state index in [1.807, 2.05) is 20.8 Å². The van der Waals surface area contributed by atoms with E-state index in [-0.39, 0.29) is 11.9 Å². The lowest BCUT2D eigenvalue weighted by atomic mass is 10.0. The molecule has 24 heavy (non-hydrogen) atoms. The largest absolute Gasteiger partial charge is 0.324 e. The topological polar surface area (TPSA) is 78.5 Å². The minimum atomic E-state index is -3.17. The second-order valence-corrected chi connectivity index (χ2v) is 8.54. The molecule has 134 valence electrons. The molecule has 0 bridgehead atoms. The van der Waals surface area contributed by atoms with E-state index in [1.54, 1.807) is 0 Å². The fourth-order valence-electron chi connectivity index (χ4n) is 3.27. The number of likely N-dealkylation sites (tertiary alicyclic amines) is 1. The van der Waals surface area contributed by atoms with E-state index in [9.17, 15) is 13.2 Å². The summed E-state index contributed by atoms with van der Waals surface area (Å²) < 4.78 is 25.2. The van der Waals surface area contributed by atoms with Crippen LogP contribution in [0.1, 0.15) is 29.5 Å². The van der Waals surface area contributed by atoms with Gasteiger partial charge in [-0.3, -0.25) is 9.69 Å². The first kappa shape index (κ1) is 18.9. The Morgan fingerprint density at radius 3 is 2.21 bits per heavy atom. The third-order valence-electron chi connectivity index (χ3n) is 4.28. The Bertz CT molecular complexity index is 685. The number of anilines is 1. The second kappa shape index (κ2) is 7.63. The zero-order chi connectivity index (χ0) is 17.9. The third-order valence-corrected chi connectivity index (χ3v) is 5.04. The van der Waals surface area contributed by atoms with Gasteiger partial charge >= 0.3 is 0 Å². The molecule has 0 spiro atoms. The average molecular weight is 353 g/mol. The molecule has 0 aromatic heterocycles. The van der Waals surface area contributed by atoms with Crippen LogP contribution in [0.25, 0.3) is 0 Å². The monoisotopic (exact) mass is 353 g/mol. The molecule has 6 nitrogen and oxygen atoms in total. The van der Waals surface area contributed by atoms with Gasteiger partial charge in [-0.25, -0.2) is 13.1 Å². The highest BCUT2D eigenvalue weighted by molar-refractivity contribution is 7.88. The Morgan fingerprint density at radius 2 is 1.71 bits per heavy atom. The summed E-state index contributed by atoms with van der Waals surface area (Å²) in [7, 11) is -3.17. The molecule has 1 heterocycles. The van der Waals surface area contributed by atoms with Crippen LogP contribution in [0.4, 0.5) is 5.69 Å². The zero-order valence-corrected chi connectivity index (χ0v) is 15.7. The van der Waals surface area contributed by atoms with Crippen molar-refractivity contribution >= 4 is 21.6 Å². The van der Waals surface area contributed by atoms with Crippen LogP contribution in [-0.4, -0.2) is 51.2 Å². The summed E-state index contributed by atoms with van der Waals surface area (Å²) in [6.45, 7) is 7.80. The molecular weight excluding hydrogens is 326 g/mol. The normalized spacial score (nSPS) is 17.0. The van der Waals surface area contributed by atoms with Gasteiger partial charge in [0.1, 0.15) is 0 Å². The molecule has 1 aromatic carbocycles. The number of benzene rings is 1. The first-order valence-electron chi connectivity index (χ1n) is 8.21. The van der Waals surface area contributed by atoms with E-state index in [0.29, 0.717) is 19.6 Å². The number of aryl methyl sites for hydroxylation is 3. The second-order valence-electron chi connectivity index (χ2n) is 6.76. The number of nitrogens with one attached hydrogen (secondary N) is 2. The number of nitrogens with zero attached hydrogens (tertiary/aromatic N) is 1. The predicted molar refractivity (Wildman–Crippen MR) is 96.7 cm³/mol. The number of sulfonamides is 1. The van der Waals surface area contributed by atoms with Crippen LogP contribution in [0.3, 0.4) is 0 Å². The van der Waals surface area contributed by atoms with E-state index < -0.39 is 10.0 Å². The van der Waals surface area contributed by atoms with Crippen molar-refractivity contribution in [1.82, 2.24) is 9.62 Å². The number of hydrogen-bond acceptors (Lipinski definition) is 4. The van der Waals surface area contributed by atoms with Crippen molar-refractivity contribution in [2.75, 3.05) is 31.2 Å².